The number of pyridine rings is 1. The van der Waals surface area contributed by atoms with Gasteiger partial charge in [0.05, 0.1) is 5.56 Å². The number of aromatic nitrogens is 1. The molecule has 0 aliphatic carbocycles. The highest BCUT2D eigenvalue weighted by Gasteiger charge is 2.10. The van der Waals surface area contributed by atoms with E-state index in [4.69, 9.17) is 11.6 Å². The van der Waals surface area contributed by atoms with Gasteiger partial charge in [0.2, 0.25) is 0 Å². The molecule has 3 nitrogen and oxygen atoms in total. The van der Waals surface area contributed by atoms with Crippen LogP contribution in [0.1, 0.15) is 15.9 Å². The largest absolute Gasteiger partial charge is 0.348 e. The first-order chi connectivity index (χ1) is 15.0. The van der Waals surface area contributed by atoms with Gasteiger partial charge in [-0.05, 0) is 58.7 Å². The van der Waals surface area contributed by atoms with Crippen LogP contribution in [0.3, 0.4) is 0 Å². The maximum absolute atomic E-state index is 13.1. The highest BCUT2D eigenvalue weighted by atomic mass is 35.5. The molecule has 6 heteroatoms. The van der Waals surface area contributed by atoms with E-state index >= 15 is 0 Å². The fraction of sp³-hybridized carbons (Fsp3) is 0.0400. The maximum Gasteiger partial charge on any atom is 0.253 e. The summed E-state index contributed by atoms with van der Waals surface area (Å²) in [6.07, 6.45) is 3.09. The van der Waals surface area contributed by atoms with Gasteiger partial charge in [-0.15, -0.1) is 0 Å². The van der Waals surface area contributed by atoms with Crippen LogP contribution in [0.2, 0.25) is 5.02 Å². The lowest BCUT2D eigenvalue weighted by Gasteiger charge is -2.10. The normalized spacial score (nSPS) is 10.7. The summed E-state index contributed by atoms with van der Waals surface area (Å²) in [6.45, 7) is 0.238. The molecule has 1 N–H and O–H groups in total. The van der Waals surface area contributed by atoms with E-state index in [1.54, 1.807) is 42.6 Å². The molecule has 0 spiro atoms. The van der Waals surface area contributed by atoms with Crippen LogP contribution in [0.4, 0.5) is 8.78 Å². The van der Waals surface area contributed by atoms with Gasteiger partial charge in [0.15, 0.2) is 0 Å². The minimum Gasteiger partial charge on any atom is -0.348 e. The number of carbonyl (C=O) groups excluding carboxylic acids is 1. The van der Waals surface area contributed by atoms with Crippen molar-refractivity contribution in [2.24, 2.45) is 0 Å². The molecule has 0 aliphatic rings. The lowest BCUT2D eigenvalue weighted by Crippen LogP contribution is -2.23. The Kier molecular flexibility index (Phi) is 6.05. The Morgan fingerprint density at radius 3 is 1.97 bits per heavy atom. The molecule has 0 saturated heterocycles. The Balaban J connectivity index is 1.45. The molecule has 1 amide bonds. The molecule has 0 aliphatic heterocycles. The van der Waals surface area contributed by atoms with Crippen LogP contribution < -0.4 is 5.32 Å². The third kappa shape index (κ3) is 4.95. The molecule has 4 rings (SSSR count). The summed E-state index contributed by atoms with van der Waals surface area (Å²) in [4.78, 5) is 16.7. The topological polar surface area (TPSA) is 42.0 Å². The van der Waals surface area contributed by atoms with Gasteiger partial charge < -0.3 is 5.32 Å². The summed E-state index contributed by atoms with van der Waals surface area (Å²) in [7, 11) is 0. The SMILES string of the molecule is O=C(NCc1ccc(-c2ccc(F)cc2)cc1Cl)c1cncc(-c2ccc(F)cc2)c1. The van der Waals surface area contributed by atoms with Crippen molar-refractivity contribution in [2.45, 2.75) is 6.54 Å². The summed E-state index contributed by atoms with van der Waals surface area (Å²) >= 11 is 6.39. The van der Waals surface area contributed by atoms with Gasteiger partial charge in [-0.25, -0.2) is 8.78 Å². The average Bonchev–Trinajstić information content (AvgIpc) is 2.79. The van der Waals surface area contributed by atoms with Crippen molar-refractivity contribution in [3.05, 3.63) is 113 Å². The van der Waals surface area contributed by atoms with E-state index in [0.29, 0.717) is 16.1 Å². The zero-order chi connectivity index (χ0) is 21.8. The Hall–Kier alpha value is -3.57. The zero-order valence-electron chi connectivity index (χ0n) is 16.3. The number of nitrogens with zero attached hydrogens (tertiary/aromatic N) is 1. The number of nitrogens with one attached hydrogen (secondary N) is 1. The number of rotatable bonds is 5. The number of hydrogen-bond acceptors (Lipinski definition) is 2. The van der Waals surface area contributed by atoms with E-state index in [0.717, 1.165) is 22.3 Å². The van der Waals surface area contributed by atoms with E-state index in [-0.39, 0.29) is 24.1 Å². The number of halogens is 3. The minimum absolute atomic E-state index is 0.238. The molecule has 3 aromatic carbocycles. The van der Waals surface area contributed by atoms with Crippen LogP contribution in [-0.2, 0) is 6.54 Å². The Bertz CT molecular complexity index is 1230. The molecule has 0 fully saturated rings. The standard InChI is InChI=1S/C25H17ClF2N2O/c26-24-12-18(16-3-7-22(27)8-4-16)1-2-19(24)15-30-25(31)21-11-20(13-29-14-21)17-5-9-23(28)10-6-17/h1-14H,15H2,(H,30,31). The van der Waals surface area contributed by atoms with E-state index in [9.17, 15) is 13.6 Å². The van der Waals surface area contributed by atoms with E-state index < -0.39 is 0 Å². The fourth-order valence-electron chi connectivity index (χ4n) is 3.15. The molecule has 0 bridgehead atoms. The first kappa shape index (κ1) is 20.7. The van der Waals surface area contributed by atoms with Gasteiger partial charge in [-0.2, -0.15) is 0 Å². The van der Waals surface area contributed by atoms with Crippen LogP contribution in [0.15, 0.2) is 85.2 Å². The van der Waals surface area contributed by atoms with Crippen molar-refractivity contribution in [2.75, 3.05) is 0 Å². The minimum atomic E-state index is -0.326. The molecule has 154 valence electrons. The monoisotopic (exact) mass is 434 g/mol. The molecule has 31 heavy (non-hydrogen) atoms. The number of amides is 1. The lowest BCUT2D eigenvalue weighted by molar-refractivity contribution is 0.0950. The van der Waals surface area contributed by atoms with Crippen molar-refractivity contribution in [3.63, 3.8) is 0 Å². The third-order valence-electron chi connectivity index (χ3n) is 4.85. The van der Waals surface area contributed by atoms with Gasteiger partial charge in [-0.3, -0.25) is 9.78 Å². The molecular formula is C25H17ClF2N2O. The van der Waals surface area contributed by atoms with E-state index in [1.165, 1.54) is 30.5 Å². The van der Waals surface area contributed by atoms with Crippen LogP contribution in [0, 0.1) is 11.6 Å². The molecule has 0 radical (unpaired) electrons. The predicted molar refractivity (Wildman–Crippen MR) is 118 cm³/mol. The fourth-order valence-corrected chi connectivity index (χ4v) is 3.40. The molecule has 0 saturated carbocycles. The van der Waals surface area contributed by atoms with E-state index in [2.05, 4.69) is 10.3 Å². The van der Waals surface area contributed by atoms with Crippen molar-refractivity contribution in [1.82, 2.24) is 10.3 Å². The lowest BCUT2D eigenvalue weighted by atomic mass is 10.0. The highest BCUT2D eigenvalue weighted by Crippen LogP contribution is 2.26. The second-order valence-corrected chi connectivity index (χ2v) is 7.37. The predicted octanol–water partition coefficient (Wildman–Crippen LogP) is 6.28. The Morgan fingerprint density at radius 1 is 0.774 bits per heavy atom. The van der Waals surface area contributed by atoms with Gasteiger partial charge >= 0.3 is 0 Å². The highest BCUT2D eigenvalue weighted by molar-refractivity contribution is 6.31. The van der Waals surface area contributed by atoms with Crippen molar-refractivity contribution >= 4 is 17.5 Å². The first-order valence-electron chi connectivity index (χ1n) is 9.53. The Labute approximate surface area is 183 Å². The maximum atomic E-state index is 13.1. The molecule has 4 aromatic rings. The van der Waals surface area contributed by atoms with Crippen LogP contribution in [0.5, 0.6) is 0 Å². The summed E-state index contributed by atoms with van der Waals surface area (Å²) in [6, 6.07) is 19.3. The molecule has 1 heterocycles. The number of hydrogen-bond donors (Lipinski definition) is 1. The van der Waals surface area contributed by atoms with Crippen LogP contribution in [0.25, 0.3) is 22.3 Å². The Morgan fingerprint density at radius 2 is 1.35 bits per heavy atom. The second kappa shape index (κ2) is 9.06. The third-order valence-corrected chi connectivity index (χ3v) is 5.20. The van der Waals surface area contributed by atoms with Gasteiger partial charge in [0.1, 0.15) is 11.6 Å². The number of carbonyl (C=O) groups is 1. The van der Waals surface area contributed by atoms with Crippen LogP contribution >= 0.6 is 11.6 Å². The number of benzene rings is 3. The molecule has 0 atom stereocenters. The molecule has 0 unspecified atom stereocenters. The summed E-state index contributed by atoms with van der Waals surface area (Å²) in [5.74, 6) is -0.921. The van der Waals surface area contributed by atoms with Crippen molar-refractivity contribution in [3.8, 4) is 22.3 Å². The van der Waals surface area contributed by atoms with Gasteiger partial charge in [0.25, 0.3) is 5.91 Å². The van der Waals surface area contributed by atoms with E-state index in [1.807, 2.05) is 12.1 Å². The van der Waals surface area contributed by atoms with Crippen molar-refractivity contribution in [1.29, 1.82) is 0 Å². The summed E-state index contributed by atoms with van der Waals surface area (Å²) < 4.78 is 26.2. The average molecular weight is 435 g/mol. The molecular weight excluding hydrogens is 418 g/mol. The van der Waals surface area contributed by atoms with Gasteiger partial charge in [0, 0.05) is 29.5 Å². The summed E-state index contributed by atoms with van der Waals surface area (Å²) in [5.41, 5.74) is 4.33. The van der Waals surface area contributed by atoms with Crippen molar-refractivity contribution < 1.29 is 13.6 Å². The van der Waals surface area contributed by atoms with Gasteiger partial charge in [-0.1, -0.05) is 48.0 Å². The summed E-state index contributed by atoms with van der Waals surface area (Å²) in [5, 5.41) is 3.34. The van der Waals surface area contributed by atoms with Crippen LogP contribution in [-0.4, -0.2) is 10.9 Å². The smallest absolute Gasteiger partial charge is 0.253 e. The first-order valence-corrected chi connectivity index (χ1v) is 9.91. The quantitative estimate of drug-likeness (QED) is 0.402. The second-order valence-electron chi connectivity index (χ2n) is 6.96. The molecule has 1 aromatic heterocycles. The zero-order valence-corrected chi connectivity index (χ0v) is 17.0.